The van der Waals surface area contributed by atoms with Crippen LogP contribution in [-0.4, -0.2) is 0 Å². The molecule has 0 amide bonds. The fourth-order valence-corrected chi connectivity index (χ4v) is 0. The van der Waals surface area contributed by atoms with Crippen molar-refractivity contribution in [2.75, 3.05) is 0 Å². The maximum Gasteiger partial charge on any atom is 3.00 e. The van der Waals surface area contributed by atoms with Gasteiger partial charge >= 0.3 is 104 Å². The fraction of sp³-hybridized carbons (Fsp3) is 0. The Morgan fingerprint density at radius 2 is 0.333 bits per heavy atom. The van der Waals surface area contributed by atoms with Crippen molar-refractivity contribution in [1.29, 1.82) is 0 Å². The van der Waals surface area contributed by atoms with Gasteiger partial charge < -0.3 is 27.4 Å². The van der Waals surface area contributed by atoms with Gasteiger partial charge in [0.15, 0.2) is 0 Å². The van der Waals surface area contributed by atoms with E-state index in [0.717, 1.165) is 0 Å². The van der Waals surface area contributed by atoms with Crippen LogP contribution in [0.2, 0.25) is 0 Å². The molecule has 0 aromatic rings. The van der Waals surface area contributed by atoms with Crippen LogP contribution in [-0.2, 0) is 60.4 Å². The van der Waals surface area contributed by atoms with E-state index in [1.54, 1.807) is 0 Å². The number of hydrogen-bond acceptors (Lipinski definition) is 0. The van der Waals surface area contributed by atoms with Gasteiger partial charge in [-0.25, -0.2) is 0 Å². The Balaban J connectivity index is 0. The molecule has 9 heteroatoms. The Labute approximate surface area is 129 Å². The molecule has 0 unspecified atom stereocenters. The molecular weight excluding hydrogens is 475 g/mol. The third-order valence-electron chi connectivity index (χ3n) is 0. The maximum absolute atomic E-state index is 0. The molecule has 0 aromatic heterocycles. The topological polar surface area (TPSA) is 142 Å². The Morgan fingerprint density at radius 3 is 0.333 bits per heavy atom. The predicted molar refractivity (Wildman–Crippen MR) is 3.43 cm³/mol. The minimum Gasteiger partial charge on any atom is -2.00 e. The zero-order valence-electron chi connectivity index (χ0n) is 3.83. The van der Waals surface area contributed by atoms with Crippen molar-refractivity contribution in [3.63, 3.8) is 0 Å². The molecule has 0 atom stereocenters. The first-order chi connectivity index (χ1) is 0. The average Bonchev–Trinajstić information content (AvgIpc) is 0. The Bertz CT molecular complexity index is 12.9. The van der Waals surface area contributed by atoms with Crippen LogP contribution in [0.1, 0.15) is 0 Å². The van der Waals surface area contributed by atoms with Crippen LogP contribution in [0.4, 0.5) is 0 Å². The zero-order valence-corrected chi connectivity index (χ0v) is 13.1. The zero-order chi connectivity index (χ0) is 0. The van der Waals surface area contributed by atoms with E-state index >= 15 is 0 Å². The van der Waals surface area contributed by atoms with Crippen molar-refractivity contribution in [3.05, 3.63) is 0 Å². The van der Waals surface area contributed by atoms with Crippen molar-refractivity contribution in [2.45, 2.75) is 0 Å². The first-order valence-corrected chi connectivity index (χ1v) is 0. The molecule has 0 spiro atoms. The molecule has 0 aromatic carbocycles. The van der Waals surface area contributed by atoms with Crippen LogP contribution >= 0.6 is 0 Å². The van der Waals surface area contributed by atoms with Crippen LogP contribution < -0.4 is 0 Å². The molecule has 0 saturated carbocycles. The summed E-state index contributed by atoms with van der Waals surface area (Å²) in [4.78, 5) is 0. The minimum absolute atomic E-state index is 0. The van der Waals surface area contributed by atoms with Crippen molar-refractivity contribution >= 4 is 0 Å². The normalized spacial score (nSPS) is 0. The summed E-state index contributed by atoms with van der Waals surface area (Å²) in [6.07, 6.45) is 0. The minimum atomic E-state index is 0. The maximum atomic E-state index is 0. The number of hydrogen-bond donors (Lipinski definition) is 0. The van der Waals surface area contributed by atoms with Crippen molar-refractivity contribution in [3.8, 4) is 0 Å². The molecule has 0 radical (unpaired) electrons. The van der Waals surface area contributed by atoms with Gasteiger partial charge in [-0.05, 0) is 0 Å². The smallest absolute Gasteiger partial charge is 2.00 e. The fourth-order valence-electron chi connectivity index (χ4n) is 0. The molecule has 0 aliphatic rings. The van der Waals surface area contributed by atoms with Gasteiger partial charge in [-0.1, -0.05) is 0 Å². The molecule has 56 valence electrons. The van der Waals surface area contributed by atoms with Gasteiger partial charge in [0.2, 0.25) is 0 Å². The van der Waals surface area contributed by atoms with Gasteiger partial charge in [0, 0.05) is 0 Å². The molecule has 0 heterocycles. The Morgan fingerprint density at radius 1 is 0.333 bits per heavy atom. The first kappa shape index (κ1) is 151. The van der Waals surface area contributed by atoms with Gasteiger partial charge in [-0.3, -0.25) is 0 Å². The molecule has 0 aliphatic heterocycles. The third-order valence-corrected chi connectivity index (χ3v) is 0. The number of rotatable bonds is 0. The molecule has 0 aliphatic carbocycles. The molecular formula is La2Ni2O5. The van der Waals surface area contributed by atoms with E-state index in [1.807, 2.05) is 0 Å². The monoisotopic (exact) mass is 474 g/mol. The third kappa shape index (κ3) is 93.3. The van der Waals surface area contributed by atoms with E-state index < -0.39 is 0 Å². The standard InChI is InChI=1S/2La.2Ni.5O/q2*+3;2*+2;5*-2. The molecule has 5 nitrogen and oxygen atoms in total. The van der Waals surface area contributed by atoms with E-state index in [-0.39, 0.29) is 132 Å². The Kier molecular flexibility index (Phi) is 1920. The summed E-state index contributed by atoms with van der Waals surface area (Å²) in [7, 11) is 0. The van der Waals surface area contributed by atoms with Gasteiger partial charge in [0.1, 0.15) is 0 Å². The van der Waals surface area contributed by atoms with Crippen molar-refractivity contribution in [2.24, 2.45) is 0 Å². The average molecular weight is 475 g/mol. The summed E-state index contributed by atoms with van der Waals surface area (Å²) >= 11 is 0. The van der Waals surface area contributed by atoms with Crippen molar-refractivity contribution < 1.29 is 132 Å². The van der Waals surface area contributed by atoms with Crippen LogP contribution in [0.3, 0.4) is 0 Å². The summed E-state index contributed by atoms with van der Waals surface area (Å²) in [6.45, 7) is 0. The van der Waals surface area contributed by atoms with Crippen LogP contribution in [0.5, 0.6) is 0 Å². The van der Waals surface area contributed by atoms with E-state index in [9.17, 15) is 0 Å². The van der Waals surface area contributed by atoms with Crippen LogP contribution in [0, 0.1) is 71.2 Å². The van der Waals surface area contributed by atoms with Crippen molar-refractivity contribution in [1.82, 2.24) is 0 Å². The van der Waals surface area contributed by atoms with Crippen LogP contribution in [0.25, 0.3) is 0 Å². The predicted octanol–water partition coefficient (Wildman–Crippen LogP) is -0.599. The molecule has 0 rings (SSSR count). The summed E-state index contributed by atoms with van der Waals surface area (Å²) in [5.41, 5.74) is 0. The summed E-state index contributed by atoms with van der Waals surface area (Å²) in [5, 5.41) is 0. The van der Waals surface area contributed by atoms with E-state index in [0.29, 0.717) is 0 Å². The van der Waals surface area contributed by atoms with Gasteiger partial charge in [-0.15, -0.1) is 0 Å². The summed E-state index contributed by atoms with van der Waals surface area (Å²) in [5.74, 6) is 0. The van der Waals surface area contributed by atoms with Gasteiger partial charge in [0.05, 0.1) is 0 Å². The van der Waals surface area contributed by atoms with Gasteiger partial charge in [-0.2, -0.15) is 0 Å². The Hall–Kier alpha value is 3.18. The SMILES string of the molecule is [La+3].[La+3].[Ni+2].[Ni+2].[O-2].[O-2].[O-2].[O-2].[O-2]. The molecule has 0 fully saturated rings. The second-order valence-corrected chi connectivity index (χ2v) is 0. The molecule has 9 heavy (non-hydrogen) atoms. The first-order valence-electron chi connectivity index (χ1n) is 0. The van der Waals surface area contributed by atoms with Gasteiger partial charge in [0.25, 0.3) is 0 Å². The van der Waals surface area contributed by atoms with Crippen LogP contribution in [0.15, 0.2) is 0 Å². The summed E-state index contributed by atoms with van der Waals surface area (Å²) < 4.78 is 0. The molecule has 0 N–H and O–H groups in total. The summed E-state index contributed by atoms with van der Waals surface area (Å²) in [6, 6.07) is 0. The van der Waals surface area contributed by atoms with E-state index in [2.05, 4.69) is 0 Å². The second kappa shape index (κ2) is 115. The second-order valence-electron chi connectivity index (χ2n) is 0. The molecule has 0 saturated heterocycles. The quantitative estimate of drug-likeness (QED) is 0.413. The largest absolute Gasteiger partial charge is 3.00 e. The van der Waals surface area contributed by atoms with E-state index in [1.165, 1.54) is 0 Å². The van der Waals surface area contributed by atoms with E-state index in [4.69, 9.17) is 0 Å². The molecule has 0 bridgehead atoms.